The molecule has 0 radical (unpaired) electrons. The minimum Gasteiger partial charge on any atom is -0.194 e. The van der Waals surface area contributed by atoms with Gasteiger partial charge in [-0.1, -0.05) is 6.07 Å². The van der Waals surface area contributed by atoms with Gasteiger partial charge in [0.25, 0.3) is 0 Å². The monoisotopic (exact) mass is 324 g/mol. The summed E-state index contributed by atoms with van der Waals surface area (Å²) in [6.07, 6.45) is 2.02. The maximum Gasteiger partial charge on any atom is 0.190 e. The van der Waals surface area contributed by atoms with Gasteiger partial charge in [-0.05, 0) is 41.0 Å². The van der Waals surface area contributed by atoms with Gasteiger partial charge in [0.05, 0.1) is 3.57 Å². The summed E-state index contributed by atoms with van der Waals surface area (Å²) in [5.74, 6) is 0. The van der Waals surface area contributed by atoms with Crippen molar-refractivity contribution in [2.45, 2.75) is 4.90 Å². The smallest absolute Gasteiger partial charge is 0.190 e. The van der Waals surface area contributed by atoms with Crippen molar-refractivity contribution in [2.75, 3.05) is 6.26 Å². The molecule has 0 bridgehead atoms. The second-order valence-corrected chi connectivity index (χ2v) is 5.51. The molecule has 0 saturated carbocycles. The lowest BCUT2D eigenvalue weighted by Crippen LogP contribution is -1.71. The molecular weight excluding hydrogens is 318 g/mol. The Bertz CT molecular complexity index is 450. The van der Waals surface area contributed by atoms with Crippen LogP contribution in [-0.2, 0) is 0 Å². The molecule has 13 heavy (non-hydrogen) atoms. The van der Waals surface area contributed by atoms with Gasteiger partial charge >= 0.3 is 0 Å². The summed E-state index contributed by atoms with van der Waals surface area (Å²) in [6, 6.07) is 6.06. The minimum atomic E-state index is -0.0751. The van der Waals surface area contributed by atoms with Crippen LogP contribution < -0.4 is 0 Å². The second-order valence-electron chi connectivity index (χ2n) is 2.55. The molecule has 1 aromatic heterocycles. The van der Waals surface area contributed by atoms with Crippen molar-refractivity contribution in [3.8, 4) is 0 Å². The van der Waals surface area contributed by atoms with Crippen LogP contribution in [0.15, 0.2) is 23.1 Å². The molecule has 0 nitrogen and oxygen atoms in total. The van der Waals surface area contributed by atoms with Gasteiger partial charge in [-0.15, -0.1) is 23.1 Å². The summed E-state index contributed by atoms with van der Waals surface area (Å²) in [5.41, 5.74) is 0. The van der Waals surface area contributed by atoms with Crippen molar-refractivity contribution in [3.05, 3.63) is 26.9 Å². The van der Waals surface area contributed by atoms with Crippen molar-refractivity contribution in [3.63, 3.8) is 0 Å². The molecular formula is C9H6FIS2. The Hall–Kier alpha value is 0.190. The molecule has 0 aliphatic rings. The molecule has 0 fully saturated rings. The van der Waals surface area contributed by atoms with Crippen LogP contribution in [0, 0.1) is 8.70 Å². The highest BCUT2D eigenvalue weighted by atomic mass is 127. The molecule has 68 valence electrons. The Morgan fingerprint density at radius 3 is 2.92 bits per heavy atom. The number of benzene rings is 1. The maximum atomic E-state index is 13.2. The topological polar surface area (TPSA) is 0 Å². The first kappa shape index (κ1) is 9.73. The quantitative estimate of drug-likeness (QED) is 0.555. The van der Waals surface area contributed by atoms with Gasteiger partial charge in [-0.25, -0.2) is 0 Å². The van der Waals surface area contributed by atoms with Crippen molar-refractivity contribution in [1.29, 1.82) is 0 Å². The minimum absolute atomic E-state index is 0.0751. The van der Waals surface area contributed by atoms with Crippen molar-refractivity contribution in [1.82, 2.24) is 0 Å². The number of halogens is 2. The first-order valence-electron chi connectivity index (χ1n) is 3.64. The molecule has 0 unspecified atom stereocenters. The van der Waals surface area contributed by atoms with E-state index in [-0.39, 0.29) is 5.13 Å². The molecule has 0 aliphatic heterocycles. The molecule has 0 saturated heterocycles. The second kappa shape index (κ2) is 3.74. The molecule has 0 atom stereocenters. The number of hydrogen-bond donors (Lipinski definition) is 0. The van der Waals surface area contributed by atoms with Crippen LogP contribution in [0.1, 0.15) is 0 Å². The van der Waals surface area contributed by atoms with E-state index < -0.39 is 0 Å². The fraction of sp³-hybridized carbons (Fsp3) is 0.111. The summed E-state index contributed by atoms with van der Waals surface area (Å²) in [5, 5.41) is 0.953. The lowest BCUT2D eigenvalue weighted by atomic mass is 10.3. The van der Waals surface area contributed by atoms with Gasteiger partial charge < -0.3 is 0 Å². The molecule has 0 aliphatic carbocycles. The zero-order chi connectivity index (χ0) is 9.42. The number of hydrogen-bond acceptors (Lipinski definition) is 2. The predicted octanol–water partition coefficient (Wildman–Crippen LogP) is 4.37. The number of fused-ring (bicyclic) bond motifs is 1. The van der Waals surface area contributed by atoms with Crippen LogP contribution in [0.3, 0.4) is 0 Å². The van der Waals surface area contributed by atoms with Crippen LogP contribution in [0.2, 0.25) is 0 Å². The van der Waals surface area contributed by atoms with Crippen LogP contribution in [0.5, 0.6) is 0 Å². The summed E-state index contributed by atoms with van der Waals surface area (Å²) in [7, 11) is 0. The molecule has 0 N–H and O–H groups in total. The van der Waals surface area contributed by atoms with E-state index in [0.717, 1.165) is 13.7 Å². The third-order valence-electron chi connectivity index (χ3n) is 1.80. The molecule has 1 heterocycles. The lowest BCUT2D eigenvalue weighted by Gasteiger charge is -1.94. The molecule has 0 amide bonds. The summed E-state index contributed by atoms with van der Waals surface area (Å²) in [6.45, 7) is 0. The van der Waals surface area contributed by atoms with Crippen LogP contribution in [0.25, 0.3) is 10.1 Å². The third kappa shape index (κ3) is 1.71. The Balaban J connectivity index is 2.73. The first-order chi connectivity index (χ1) is 6.22. The van der Waals surface area contributed by atoms with E-state index in [1.807, 2.05) is 24.5 Å². The zero-order valence-electron chi connectivity index (χ0n) is 6.80. The van der Waals surface area contributed by atoms with Gasteiger partial charge in [-0.3, -0.25) is 0 Å². The Morgan fingerprint density at radius 2 is 2.23 bits per heavy atom. The molecule has 1 aromatic carbocycles. The maximum absolute atomic E-state index is 13.2. The number of thioether (sulfide) groups is 1. The largest absolute Gasteiger partial charge is 0.194 e. The Labute approximate surface area is 97.7 Å². The van der Waals surface area contributed by atoms with Gasteiger partial charge in [0.15, 0.2) is 5.13 Å². The highest BCUT2D eigenvalue weighted by Gasteiger charge is 2.08. The average Bonchev–Trinajstić information content (AvgIpc) is 2.42. The summed E-state index contributed by atoms with van der Waals surface area (Å²) >= 11 is 4.95. The predicted molar refractivity (Wildman–Crippen MR) is 66.3 cm³/mol. The van der Waals surface area contributed by atoms with Crippen LogP contribution >= 0.6 is 45.7 Å². The highest BCUT2D eigenvalue weighted by molar-refractivity contribution is 14.1. The van der Waals surface area contributed by atoms with Crippen molar-refractivity contribution in [2.24, 2.45) is 0 Å². The average molecular weight is 324 g/mol. The van der Waals surface area contributed by atoms with Gasteiger partial charge in [0.2, 0.25) is 0 Å². The lowest BCUT2D eigenvalue weighted by molar-refractivity contribution is 0.652. The van der Waals surface area contributed by atoms with Crippen molar-refractivity contribution < 1.29 is 4.39 Å². The van der Waals surface area contributed by atoms with E-state index in [2.05, 4.69) is 22.6 Å². The number of thiophene rings is 1. The Morgan fingerprint density at radius 1 is 1.46 bits per heavy atom. The van der Waals surface area contributed by atoms with E-state index >= 15 is 0 Å². The fourth-order valence-electron chi connectivity index (χ4n) is 1.14. The van der Waals surface area contributed by atoms with E-state index in [0.29, 0.717) is 0 Å². The van der Waals surface area contributed by atoms with Gasteiger partial charge in [0, 0.05) is 15.0 Å². The van der Waals surface area contributed by atoms with E-state index in [1.54, 1.807) is 11.8 Å². The highest BCUT2D eigenvalue weighted by Crippen LogP contribution is 2.33. The van der Waals surface area contributed by atoms with E-state index in [1.165, 1.54) is 16.2 Å². The van der Waals surface area contributed by atoms with E-state index in [4.69, 9.17) is 0 Å². The number of rotatable bonds is 1. The standard InChI is InChI=1S/C9H6FIS2/c1-12-5-2-3-6-7(4-5)13-9(10)8(6)11/h2-4H,1H3. The first-order valence-corrected chi connectivity index (χ1v) is 6.76. The zero-order valence-corrected chi connectivity index (χ0v) is 10.6. The molecule has 2 aromatic rings. The Kier molecular flexibility index (Phi) is 2.80. The summed E-state index contributed by atoms with van der Waals surface area (Å²) in [4.78, 5) is 1.19. The molecule has 4 heteroatoms. The van der Waals surface area contributed by atoms with Gasteiger partial charge in [0.1, 0.15) is 0 Å². The van der Waals surface area contributed by atoms with Crippen molar-refractivity contribution >= 4 is 55.8 Å². The van der Waals surface area contributed by atoms with Crippen LogP contribution in [0.4, 0.5) is 4.39 Å². The summed E-state index contributed by atoms with van der Waals surface area (Å²) < 4.78 is 15.0. The third-order valence-corrected chi connectivity index (χ3v) is 4.88. The molecule has 0 spiro atoms. The van der Waals surface area contributed by atoms with E-state index in [9.17, 15) is 4.39 Å². The van der Waals surface area contributed by atoms with Gasteiger partial charge in [-0.2, -0.15) is 4.39 Å². The van der Waals surface area contributed by atoms with Crippen LogP contribution in [-0.4, -0.2) is 6.26 Å². The fourth-order valence-corrected chi connectivity index (χ4v) is 3.50. The SMILES string of the molecule is CSc1ccc2c(I)c(F)sc2c1. The normalized spacial score (nSPS) is 11.0. The molecule has 2 rings (SSSR count).